The molecule has 0 atom stereocenters. The van der Waals surface area contributed by atoms with Crippen molar-refractivity contribution in [3.63, 3.8) is 0 Å². The first-order valence-electron chi connectivity index (χ1n) is 9.49. The molecule has 2 heterocycles. The van der Waals surface area contributed by atoms with Gasteiger partial charge >= 0.3 is 0 Å². The highest BCUT2D eigenvalue weighted by Gasteiger charge is 2.35. The molecule has 0 bridgehead atoms. The van der Waals surface area contributed by atoms with E-state index in [1.165, 1.54) is 28.1 Å². The minimum absolute atomic E-state index is 0.351. The lowest BCUT2D eigenvalue weighted by Gasteiger charge is -2.08. The van der Waals surface area contributed by atoms with Crippen molar-refractivity contribution in [2.24, 2.45) is 0 Å². The van der Waals surface area contributed by atoms with E-state index in [4.69, 9.17) is 5.10 Å². The van der Waals surface area contributed by atoms with Gasteiger partial charge < -0.3 is 0 Å². The fraction of sp³-hybridized carbons (Fsp3) is 0.167. The first-order chi connectivity index (χ1) is 13.2. The van der Waals surface area contributed by atoms with Gasteiger partial charge in [0.25, 0.3) is 11.6 Å². The summed E-state index contributed by atoms with van der Waals surface area (Å²) in [7, 11) is 0. The third-order valence-corrected chi connectivity index (χ3v) is 5.24. The molecule has 132 valence electrons. The van der Waals surface area contributed by atoms with Gasteiger partial charge in [-0.15, -0.1) is 4.68 Å². The Labute approximate surface area is 159 Å². The minimum atomic E-state index is 0.351. The Morgan fingerprint density at radius 2 is 1.48 bits per heavy atom. The van der Waals surface area contributed by atoms with Gasteiger partial charge in [-0.25, -0.2) is 0 Å². The van der Waals surface area contributed by atoms with Gasteiger partial charge in [-0.2, -0.15) is 4.57 Å². The fourth-order valence-corrected chi connectivity index (χ4v) is 3.91. The average Bonchev–Trinajstić information content (AvgIpc) is 3.25. The molecule has 5 rings (SSSR count). The predicted molar refractivity (Wildman–Crippen MR) is 108 cm³/mol. The van der Waals surface area contributed by atoms with Crippen LogP contribution in [0.15, 0.2) is 78.9 Å². The summed E-state index contributed by atoms with van der Waals surface area (Å²) in [6, 6.07) is 27.9. The van der Waals surface area contributed by atoms with Gasteiger partial charge in [0.05, 0.1) is 5.56 Å². The maximum atomic E-state index is 4.94. The molecule has 0 N–H and O–H groups in total. The molecule has 0 radical (unpaired) electrons. The molecule has 0 aliphatic carbocycles. The van der Waals surface area contributed by atoms with Crippen LogP contribution in [0.1, 0.15) is 31.2 Å². The van der Waals surface area contributed by atoms with Crippen molar-refractivity contribution < 1.29 is 4.57 Å². The molecule has 0 fully saturated rings. The van der Waals surface area contributed by atoms with E-state index >= 15 is 0 Å². The van der Waals surface area contributed by atoms with Crippen molar-refractivity contribution in [1.29, 1.82) is 0 Å². The summed E-state index contributed by atoms with van der Waals surface area (Å²) in [5.74, 6) is 2.64. The molecule has 27 heavy (non-hydrogen) atoms. The van der Waals surface area contributed by atoms with E-state index in [9.17, 15) is 0 Å². The highest BCUT2D eigenvalue weighted by Crippen LogP contribution is 2.31. The molecule has 1 aromatic heterocycles. The summed E-state index contributed by atoms with van der Waals surface area (Å²) in [6.07, 6.45) is 0. The third kappa shape index (κ3) is 2.58. The van der Waals surface area contributed by atoms with E-state index in [1.54, 1.807) is 0 Å². The van der Waals surface area contributed by atoms with E-state index in [2.05, 4.69) is 102 Å². The summed E-state index contributed by atoms with van der Waals surface area (Å²) < 4.78 is 4.47. The standard InChI is InChI=1S/C24H22N3/c1-17(2)23-25-26-16-20-10-6-7-11-22(20)24(26)27(23)21-14-12-19(13-15-21)18-8-4-3-5-9-18/h3-15,17H,16H2,1-2H3/q+1. The zero-order chi connectivity index (χ0) is 18.4. The largest absolute Gasteiger partial charge is 0.285 e. The van der Waals surface area contributed by atoms with E-state index in [-0.39, 0.29) is 0 Å². The molecule has 3 heteroatoms. The highest BCUT2D eigenvalue weighted by molar-refractivity contribution is 5.65. The van der Waals surface area contributed by atoms with Crippen LogP contribution >= 0.6 is 0 Å². The molecule has 3 aromatic carbocycles. The van der Waals surface area contributed by atoms with E-state index in [1.807, 2.05) is 0 Å². The first kappa shape index (κ1) is 16.0. The van der Waals surface area contributed by atoms with Crippen LogP contribution in [-0.2, 0) is 6.54 Å². The lowest BCUT2D eigenvalue weighted by atomic mass is 10.1. The Kier molecular flexibility index (Phi) is 3.68. The Hall–Kier alpha value is -3.20. The zero-order valence-corrected chi connectivity index (χ0v) is 15.6. The molecule has 3 nitrogen and oxygen atoms in total. The number of benzene rings is 3. The third-order valence-electron chi connectivity index (χ3n) is 5.24. The van der Waals surface area contributed by atoms with Gasteiger partial charge in [-0.05, 0) is 29.3 Å². The van der Waals surface area contributed by atoms with Crippen LogP contribution in [0.25, 0.3) is 28.2 Å². The zero-order valence-electron chi connectivity index (χ0n) is 15.6. The summed E-state index contributed by atoms with van der Waals surface area (Å²) in [5, 5.41) is 4.94. The van der Waals surface area contributed by atoms with Crippen molar-refractivity contribution in [2.75, 3.05) is 0 Å². The smallest absolute Gasteiger partial charge is 0.194 e. The predicted octanol–water partition coefficient (Wildman–Crippen LogP) is 4.98. The summed E-state index contributed by atoms with van der Waals surface area (Å²) in [4.78, 5) is 0. The highest BCUT2D eigenvalue weighted by atomic mass is 15.4. The average molecular weight is 352 g/mol. The summed E-state index contributed by atoms with van der Waals surface area (Å²) in [5.41, 5.74) is 6.25. The molecular formula is C24H22N3+. The van der Waals surface area contributed by atoms with Crippen LogP contribution in [0.2, 0.25) is 0 Å². The SMILES string of the molecule is CC(C)c1nn2c([n+]1-c1ccc(-c3ccccc3)cc1)-c1ccccc1C2. The van der Waals surface area contributed by atoms with Gasteiger partial charge in [0.15, 0.2) is 0 Å². The topological polar surface area (TPSA) is 21.7 Å². The number of nitrogens with zero attached hydrogens (tertiary/aromatic N) is 3. The monoisotopic (exact) mass is 352 g/mol. The van der Waals surface area contributed by atoms with Crippen molar-refractivity contribution >= 4 is 0 Å². The maximum absolute atomic E-state index is 4.94. The lowest BCUT2D eigenvalue weighted by molar-refractivity contribution is -0.594. The van der Waals surface area contributed by atoms with Crippen LogP contribution in [0.3, 0.4) is 0 Å². The Balaban J connectivity index is 1.66. The minimum Gasteiger partial charge on any atom is -0.194 e. The Morgan fingerprint density at radius 3 is 2.22 bits per heavy atom. The van der Waals surface area contributed by atoms with Crippen LogP contribution in [0.4, 0.5) is 0 Å². The maximum Gasteiger partial charge on any atom is 0.285 e. The molecule has 0 saturated carbocycles. The van der Waals surface area contributed by atoms with Gasteiger partial charge in [-0.3, -0.25) is 0 Å². The van der Waals surface area contributed by atoms with Crippen LogP contribution in [-0.4, -0.2) is 9.78 Å². The van der Waals surface area contributed by atoms with E-state index < -0.39 is 0 Å². The second kappa shape index (κ2) is 6.20. The second-order valence-corrected chi connectivity index (χ2v) is 7.40. The van der Waals surface area contributed by atoms with Gasteiger partial charge in [0.2, 0.25) is 0 Å². The number of fused-ring (bicyclic) bond motifs is 3. The molecule has 0 unspecified atom stereocenters. The fourth-order valence-electron chi connectivity index (χ4n) is 3.91. The molecule has 1 aliphatic heterocycles. The van der Waals surface area contributed by atoms with Gasteiger partial charge in [-0.1, -0.05) is 74.5 Å². The van der Waals surface area contributed by atoms with Crippen LogP contribution in [0.5, 0.6) is 0 Å². The van der Waals surface area contributed by atoms with Crippen LogP contribution in [0, 0.1) is 0 Å². The van der Waals surface area contributed by atoms with E-state index in [0.717, 1.165) is 18.1 Å². The van der Waals surface area contributed by atoms with Gasteiger partial charge in [0.1, 0.15) is 12.2 Å². The van der Waals surface area contributed by atoms with Crippen molar-refractivity contribution in [2.45, 2.75) is 26.3 Å². The molecule has 0 amide bonds. The number of aromatic nitrogens is 3. The Bertz CT molecular complexity index is 1110. The lowest BCUT2D eigenvalue weighted by Crippen LogP contribution is -2.36. The molecule has 0 spiro atoms. The summed E-state index contributed by atoms with van der Waals surface area (Å²) in [6.45, 7) is 5.26. The molecule has 1 aliphatic rings. The number of hydrogen-bond donors (Lipinski definition) is 0. The van der Waals surface area contributed by atoms with Crippen molar-refractivity contribution in [3.8, 4) is 28.2 Å². The normalized spacial score (nSPS) is 12.3. The Morgan fingerprint density at radius 1 is 0.815 bits per heavy atom. The number of hydrogen-bond acceptors (Lipinski definition) is 1. The van der Waals surface area contributed by atoms with Crippen molar-refractivity contribution in [1.82, 2.24) is 9.78 Å². The quantitative estimate of drug-likeness (QED) is 0.420. The second-order valence-electron chi connectivity index (χ2n) is 7.40. The van der Waals surface area contributed by atoms with Crippen LogP contribution < -0.4 is 4.57 Å². The summed E-state index contributed by atoms with van der Waals surface area (Å²) >= 11 is 0. The molecule has 4 aromatic rings. The van der Waals surface area contributed by atoms with Crippen molar-refractivity contribution in [3.05, 3.63) is 90.3 Å². The first-order valence-corrected chi connectivity index (χ1v) is 9.49. The molecule has 0 saturated heterocycles. The van der Waals surface area contributed by atoms with E-state index in [0.29, 0.717) is 5.92 Å². The van der Waals surface area contributed by atoms with Gasteiger partial charge in [0, 0.05) is 16.6 Å². The number of rotatable bonds is 3. The molecular weight excluding hydrogens is 330 g/mol.